The minimum absolute atomic E-state index is 0.0850. The first-order valence-corrected chi connectivity index (χ1v) is 11.4. The Bertz CT molecular complexity index is 1190. The lowest BCUT2D eigenvalue weighted by molar-refractivity contribution is -0.129. The largest absolute Gasteiger partial charge is 0.365 e. The van der Waals surface area contributed by atoms with Crippen molar-refractivity contribution in [2.24, 2.45) is 0 Å². The molecule has 2 heterocycles. The average Bonchev–Trinajstić information content (AvgIpc) is 3.14. The van der Waals surface area contributed by atoms with Gasteiger partial charge in [0.25, 0.3) is 0 Å². The van der Waals surface area contributed by atoms with Gasteiger partial charge in [-0.2, -0.15) is 10.1 Å². The molecule has 3 aromatic rings. The zero-order chi connectivity index (χ0) is 22.6. The third-order valence-electron chi connectivity index (χ3n) is 4.25. The summed E-state index contributed by atoms with van der Waals surface area (Å²) in [5.74, 6) is 0.526. The molecule has 0 bridgehead atoms. The minimum atomic E-state index is -3.36. The number of benzene rings is 1. The Hall–Kier alpha value is -3.18. The van der Waals surface area contributed by atoms with Gasteiger partial charge in [-0.1, -0.05) is 29.8 Å². The molecule has 12 heteroatoms. The van der Waals surface area contributed by atoms with Crippen LogP contribution in [0.15, 0.2) is 47.8 Å². The Morgan fingerprint density at radius 2 is 1.97 bits per heavy atom. The molecule has 0 atom stereocenters. The molecule has 0 spiro atoms. The van der Waals surface area contributed by atoms with Gasteiger partial charge in [-0.05, 0) is 11.6 Å². The van der Waals surface area contributed by atoms with Crippen molar-refractivity contribution in [1.29, 1.82) is 0 Å². The van der Waals surface area contributed by atoms with E-state index < -0.39 is 9.84 Å². The lowest BCUT2D eigenvalue weighted by Crippen LogP contribution is -2.26. The van der Waals surface area contributed by atoms with Crippen molar-refractivity contribution in [1.82, 2.24) is 24.6 Å². The molecule has 0 saturated carbocycles. The lowest BCUT2D eigenvalue weighted by atomic mass is 10.2. The van der Waals surface area contributed by atoms with Gasteiger partial charge in [0.05, 0.1) is 23.0 Å². The summed E-state index contributed by atoms with van der Waals surface area (Å²) in [5.41, 5.74) is 1.20. The van der Waals surface area contributed by atoms with E-state index in [0.717, 1.165) is 6.26 Å². The van der Waals surface area contributed by atoms with Gasteiger partial charge in [0.1, 0.15) is 11.6 Å². The smallest absolute Gasteiger partial charge is 0.243 e. The molecular formula is C19H22ClN7O3S. The van der Waals surface area contributed by atoms with Crippen molar-refractivity contribution < 1.29 is 13.2 Å². The maximum Gasteiger partial charge on any atom is 0.243 e. The van der Waals surface area contributed by atoms with Crippen molar-refractivity contribution in [3.63, 3.8) is 0 Å². The van der Waals surface area contributed by atoms with Crippen LogP contribution in [-0.2, 0) is 27.7 Å². The first kappa shape index (κ1) is 22.5. The molecule has 2 N–H and O–H groups in total. The van der Waals surface area contributed by atoms with E-state index in [-0.39, 0.29) is 34.9 Å². The molecule has 164 valence electrons. The zero-order valence-corrected chi connectivity index (χ0v) is 18.8. The number of nitrogens with one attached hydrogen (secondary N) is 2. The summed E-state index contributed by atoms with van der Waals surface area (Å²) in [7, 11) is -0.0111. The molecule has 10 nitrogen and oxygen atoms in total. The summed E-state index contributed by atoms with van der Waals surface area (Å²) in [6.07, 6.45) is 5.81. The van der Waals surface area contributed by atoms with Crippen LogP contribution in [0.1, 0.15) is 5.56 Å². The van der Waals surface area contributed by atoms with Crippen LogP contribution in [0, 0.1) is 0 Å². The second kappa shape index (κ2) is 9.31. The topological polar surface area (TPSA) is 122 Å². The predicted molar refractivity (Wildman–Crippen MR) is 118 cm³/mol. The van der Waals surface area contributed by atoms with E-state index in [1.807, 2.05) is 0 Å². The molecule has 0 aliphatic carbocycles. The highest BCUT2D eigenvalue weighted by molar-refractivity contribution is 7.90. The third-order valence-corrected chi connectivity index (χ3v) is 5.72. The summed E-state index contributed by atoms with van der Waals surface area (Å²) in [5, 5.41) is 10.5. The normalized spacial score (nSPS) is 11.2. The van der Waals surface area contributed by atoms with E-state index in [1.54, 1.807) is 50.8 Å². The SMILES string of the molecule is CN(C)C(=O)Cn1cc(Nc2ncc(Cl)c(NCc3ccccc3S(C)(=O)=O)n2)cn1. The number of hydrogen-bond acceptors (Lipinski definition) is 8. The van der Waals surface area contributed by atoms with Gasteiger partial charge in [-0.25, -0.2) is 13.4 Å². The third kappa shape index (κ3) is 5.92. The fourth-order valence-corrected chi connectivity index (χ4v) is 3.77. The molecule has 1 aromatic carbocycles. The van der Waals surface area contributed by atoms with Crippen LogP contribution >= 0.6 is 11.6 Å². The monoisotopic (exact) mass is 463 g/mol. The molecule has 0 saturated heterocycles. The number of aromatic nitrogens is 4. The van der Waals surface area contributed by atoms with Crippen molar-refractivity contribution >= 4 is 44.8 Å². The van der Waals surface area contributed by atoms with Crippen LogP contribution in [-0.4, -0.2) is 59.3 Å². The Labute approximate surface area is 185 Å². The Kier molecular flexibility index (Phi) is 6.76. The Balaban J connectivity index is 1.72. The Morgan fingerprint density at radius 1 is 1.23 bits per heavy atom. The highest BCUT2D eigenvalue weighted by atomic mass is 35.5. The molecule has 2 aromatic heterocycles. The van der Waals surface area contributed by atoms with Crippen molar-refractivity contribution in [3.05, 3.63) is 53.4 Å². The predicted octanol–water partition coefficient (Wildman–Crippen LogP) is 2.17. The molecule has 0 aliphatic heterocycles. The van der Waals surface area contributed by atoms with Gasteiger partial charge in [0, 0.05) is 33.1 Å². The van der Waals surface area contributed by atoms with E-state index in [4.69, 9.17) is 11.6 Å². The van der Waals surface area contributed by atoms with Gasteiger partial charge < -0.3 is 15.5 Å². The molecule has 0 radical (unpaired) electrons. The molecule has 0 unspecified atom stereocenters. The summed E-state index contributed by atoms with van der Waals surface area (Å²) in [6, 6.07) is 6.71. The number of carbonyl (C=O) groups excluding carboxylic acids is 1. The number of anilines is 3. The fraction of sp³-hybridized carbons (Fsp3) is 0.263. The Morgan fingerprint density at radius 3 is 2.68 bits per heavy atom. The van der Waals surface area contributed by atoms with Crippen molar-refractivity contribution in [2.75, 3.05) is 31.0 Å². The van der Waals surface area contributed by atoms with Gasteiger partial charge in [-0.3, -0.25) is 9.48 Å². The number of hydrogen-bond donors (Lipinski definition) is 2. The second-order valence-electron chi connectivity index (χ2n) is 6.96. The molecule has 31 heavy (non-hydrogen) atoms. The highest BCUT2D eigenvalue weighted by Crippen LogP contribution is 2.23. The van der Waals surface area contributed by atoms with Gasteiger partial charge in [0.2, 0.25) is 11.9 Å². The van der Waals surface area contributed by atoms with Crippen molar-refractivity contribution in [3.8, 4) is 0 Å². The average molecular weight is 464 g/mol. The quantitative estimate of drug-likeness (QED) is 0.521. The van der Waals surface area contributed by atoms with Crippen LogP contribution in [0.3, 0.4) is 0 Å². The van der Waals surface area contributed by atoms with Gasteiger partial charge in [-0.15, -0.1) is 0 Å². The number of rotatable bonds is 8. The standard InChI is InChI=1S/C19H22ClN7O3S/c1-26(2)17(28)12-27-11-14(9-23-27)24-19-22-10-15(20)18(25-19)21-8-13-6-4-5-7-16(13)31(3,29)30/h4-7,9-11H,8,12H2,1-3H3,(H2,21,22,24,25). The first-order chi connectivity index (χ1) is 14.6. The van der Waals surface area contributed by atoms with Gasteiger partial charge >= 0.3 is 0 Å². The number of sulfone groups is 1. The molecule has 0 fully saturated rings. The number of carbonyl (C=O) groups is 1. The maximum absolute atomic E-state index is 12.0. The number of likely N-dealkylation sites (N-methyl/N-ethyl adjacent to an activating group) is 1. The molecular weight excluding hydrogens is 442 g/mol. The minimum Gasteiger partial charge on any atom is -0.365 e. The highest BCUT2D eigenvalue weighted by Gasteiger charge is 2.14. The van der Waals surface area contributed by atoms with E-state index >= 15 is 0 Å². The summed E-state index contributed by atoms with van der Waals surface area (Å²) >= 11 is 6.19. The summed E-state index contributed by atoms with van der Waals surface area (Å²) in [6.45, 7) is 0.326. The van der Waals surface area contributed by atoms with Crippen LogP contribution in [0.2, 0.25) is 5.02 Å². The lowest BCUT2D eigenvalue weighted by Gasteiger charge is -2.12. The van der Waals surface area contributed by atoms with Crippen molar-refractivity contribution in [2.45, 2.75) is 18.0 Å². The maximum atomic E-state index is 12.0. The molecule has 3 rings (SSSR count). The number of amides is 1. The summed E-state index contributed by atoms with van der Waals surface area (Å²) in [4.78, 5) is 22.0. The number of nitrogens with zero attached hydrogens (tertiary/aromatic N) is 5. The number of halogens is 1. The molecule has 1 amide bonds. The van der Waals surface area contributed by atoms with E-state index in [9.17, 15) is 13.2 Å². The van der Waals surface area contributed by atoms with Gasteiger partial charge in [0.15, 0.2) is 15.7 Å². The first-order valence-electron chi connectivity index (χ1n) is 9.17. The second-order valence-corrected chi connectivity index (χ2v) is 9.35. The van der Waals surface area contributed by atoms with Crippen LogP contribution in [0.25, 0.3) is 0 Å². The van der Waals surface area contributed by atoms with E-state index in [1.165, 1.54) is 15.8 Å². The summed E-state index contributed by atoms with van der Waals surface area (Å²) < 4.78 is 25.5. The van der Waals surface area contributed by atoms with E-state index in [0.29, 0.717) is 17.1 Å². The molecule has 0 aliphatic rings. The fourth-order valence-electron chi connectivity index (χ4n) is 2.67. The van der Waals surface area contributed by atoms with E-state index in [2.05, 4.69) is 25.7 Å². The van der Waals surface area contributed by atoms with Crippen LogP contribution in [0.5, 0.6) is 0 Å². The zero-order valence-electron chi connectivity index (χ0n) is 17.2. The van der Waals surface area contributed by atoms with Crippen LogP contribution in [0.4, 0.5) is 17.5 Å². The van der Waals surface area contributed by atoms with Crippen LogP contribution < -0.4 is 10.6 Å².